The minimum atomic E-state index is -0.477. The molecule has 0 spiro atoms. The van der Waals surface area contributed by atoms with Crippen LogP contribution in [0.15, 0.2) is 36.4 Å². The van der Waals surface area contributed by atoms with Gasteiger partial charge in [0.25, 0.3) is 0 Å². The minimum absolute atomic E-state index is 0.0757. The molecule has 1 aliphatic rings. The van der Waals surface area contributed by atoms with Gasteiger partial charge in [0.1, 0.15) is 23.4 Å². The number of ketones is 1. The van der Waals surface area contributed by atoms with Gasteiger partial charge in [-0.25, -0.2) is 4.39 Å². The summed E-state index contributed by atoms with van der Waals surface area (Å²) in [5, 5.41) is 0.441. The summed E-state index contributed by atoms with van der Waals surface area (Å²) in [5.41, 5.74) is 1.16. The smallest absolute Gasteiger partial charge is 0.170 e. The maximum absolute atomic E-state index is 13.3. The lowest BCUT2D eigenvalue weighted by Crippen LogP contribution is -2.20. The second-order valence-electron chi connectivity index (χ2n) is 4.77. The number of hydrogen-bond donors (Lipinski definition) is 0. The number of ether oxygens (including phenoxy) is 2. The Balaban J connectivity index is 1.95. The van der Waals surface area contributed by atoms with Gasteiger partial charge in [0.2, 0.25) is 0 Å². The van der Waals surface area contributed by atoms with Crippen molar-refractivity contribution >= 4 is 17.4 Å². The Bertz CT molecular complexity index is 715. The van der Waals surface area contributed by atoms with Crippen LogP contribution in [0.3, 0.4) is 0 Å². The molecule has 0 radical (unpaired) electrons. The van der Waals surface area contributed by atoms with E-state index in [2.05, 4.69) is 0 Å². The summed E-state index contributed by atoms with van der Waals surface area (Å²) < 4.78 is 24.1. The molecule has 1 unspecified atom stereocenters. The highest BCUT2D eigenvalue weighted by atomic mass is 35.5. The predicted octanol–water partition coefficient (Wildman–Crippen LogP) is 4.19. The number of carbonyl (C=O) groups excluding carboxylic acids is 1. The van der Waals surface area contributed by atoms with Crippen molar-refractivity contribution in [3.8, 4) is 11.5 Å². The summed E-state index contributed by atoms with van der Waals surface area (Å²) in [5.74, 6) is 0.306. The molecule has 1 atom stereocenters. The highest BCUT2D eigenvalue weighted by Gasteiger charge is 2.28. The van der Waals surface area contributed by atoms with Crippen LogP contribution in [0.4, 0.5) is 4.39 Å². The molecule has 1 heterocycles. The number of carbonyl (C=O) groups is 1. The number of rotatable bonds is 2. The van der Waals surface area contributed by atoms with E-state index in [1.54, 1.807) is 18.2 Å². The fraction of sp³-hybridized carbons (Fsp3) is 0.188. The van der Waals surface area contributed by atoms with Crippen LogP contribution in [0.2, 0.25) is 5.02 Å². The maximum atomic E-state index is 13.3. The third-order valence-electron chi connectivity index (χ3n) is 3.43. The Kier molecular flexibility index (Phi) is 3.55. The molecule has 2 aromatic carbocycles. The molecule has 0 N–H and O–H groups in total. The summed E-state index contributed by atoms with van der Waals surface area (Å²) in [4.78, 5) is 12.1. The first-order valence-electron chi connectivity index (χ1n) is 6.41. The topological polar surface area (TPSA) is 35.5 Å². The number of benzene rings is 2. The molecule has 108 valence electrons. The predicted molar refractivity (Wildman–Crippen MR) is 76.7 cm³/mol. The molecule has 0 amide bonds. The molecule has 0 aliphatic carbocycles. The zero-order valence-electron chi connectivity index (χ0n) is 11.2. The monoisotopic (exact) mass is 306 g/mol. The summed E-state index contributed by atoms with van der Waals surface area (Å²) in [6.45, 7) is 0. The highest BCUT2D eigenvalue weighted by Crippen LogP contribution is 2.37. The van der Waals surface area contributed by atoms with E-state index in [0.717, 1.165) is 5.56 Å². The van der Waals surface area contributed by atoms with E-state index in [4.69, 9.17) is 21.1 Å². The zero-order valence-corrected chi connectivity index (χ0v) is 12.0. The molecule has 3 rings (SSSR count). The third-order valence-corrected chi connectivity index (χ3v) is 3.73. The molecule has 2 aromatic rings. The molecule has 0 bridgehead atoms. The Morgan fingerprint density at radius 3 is 2.81 bits per heavy atom. The number of methoxy groups -OCH3 is 1. The van der Waals surface area contributed by atoms with Gasteiger partial charge in [-0.3, -0.25) is 4.79 Å². The Morgan fingerprint density at radius 2 is 2.10 bits per heavy atom. The van der Waals surface area contributed by atoms with Crippen LogP contribution in [0.5, 0.6) is 11.5 Å². The summed E-state index contributed by atoms with van der Waals surface area (Å²) in [6, 6.07) is 9.13. The second-order valence-corrected chi connectivity index (χ2v) is 5.18. The average Bonchev–Trinajstić information content (AvgIpc) is 2.46. The van der Waals surface area contributed by atoms with Crippen molar-refractivity contribution in [3.05, 3.63) is 58.4 Å². The minimum Gasteiger partial charge on any atom is -0.495 e. The lowest BCUT2D eigenvalue weighted by atomic mass is 9.96. The fourth-order valence-electron chi connectivity index (χ4n) is 2.37. The number of hydrogen-bond acceptors (Lipinski definition) is 3. The number of Topliss-reactive ketones (excluding diaryl/α,β-unsaturated/α-hetero) is 1. The highest BCUT2D eigenvalue weighted by molar-refractivity contribution is 6.32. The van der Waals surface area contributed by atoms with Crippen LogP contribution in [0.25, 0.3) is 0 Å². The summed E-state index contributed by atoms with van der Waals surface area (Å²) in [7, 11) is 1.53. The van der Waals surface area contributed by atoms with Crippen molar-refractivity contribution in [1.29, 1.82) is 0 Å². The first-order chi connectivity index (χ1) is 10.1. The van der Waals surface area contributed by atoms with Crippen molar-refractivity contribution in [2.75, 3.05) is 7.11 Å². The van der Waals surface area contributed by atoms with Crippen molar-refractivity contribution in [3.63, 3.8) is 0 Å². The lowest BCUT2D eigenvalue weighted by molar-refractivity contribution is 0.0849. The molecule has 0 aromatic heterocycles. The van der Waals surface area contributed by atoms with E-state index in [9.17, 15) is 9.18 Å². The van der Waals surface area contributed by atoms with Gasteiger partial charge in [0.05, 0.1) is 24.1 Å². The van der Waals surface area contributed by atoms with E-state index in [0.29, 0.717) is 16.3 Å². The van der Waals surface area contributed by atoms with E-state index in [1.807, 2.05) is 0 Å². The van der Waals surface area contributed by atoms with Gasteiger partial charge < -0.3 is 9.47 Å². The first-order valence-corrected chi connectivity index (χ1v) is 6.79. The average molecular weight is 307 g/mol. The van der Waals surface area contributed by atoms with Gasteiger partial charge in [-0.15, -0.1) is 0 Å². The van der Waals surface area contributed by atoms with Gasteiger partial charge in [-0.1, -0.05) is 17.7 Å². The lowest BCUT2D eigenvalue weighted by Gasteiger charge is -2.25. The summed E-state index contributed by atoms with van der Waals surface area (Å²) >= 11 is 6.09. The van der Waals surface area contributed by atoms with Crippen molar-refractivity contribution in [2.45, 2.75) is 12.5 Å². The zero-order chi connectivity index (χ0) is 15.0. The van der Waals surface area contributed by atoms with E-state index >= 15 is 0 Å². The largest absolute Gasteiger partial charge is 0.495 e. The molecule has 21 heavy (non-hydrogen) atoms. The van der Waals surface area contributed by atoms with Crippen LogP contribution < -0.4 is 9.47 Å². The SMILES string of the molecule is COc1ccc(C2CC(=O)c3ccc(F)cc3O2)cc1Cl. The van der Waals surface area contributed by atoms with Gasteiger partial charge in [-0.05, 0) is 29.8 Å². The fourth-order valence-corrected chi connectivity index (χ4v) is 2.63. The summed E-state index contributed by atoms with van der Waals surface area (Å²) in [6.07, 6.45) is -0.281. The first kappa shape index (κ1) is 13.9. The van der Waals surface area contributed by atoms with Crippen LogP contribution in [0.1, 0.15) is 28.4 Å². The van der Waals surface area contributed by atoms with Crippen molar-refractivity contribution in [1.82, 2.24) is 0 Å². The van der Waals surface area contributed by atoms with Crippen molar-refractivity contribution in [2.24, 2.45) is 0 Å². The van der Waals surface area contributed by atoms with Gasteiger partial charge >= 0.3 is 0 Å². The van der Waals surface area contributed by atoms with E-state index in [-0.39, 0.29) is 18.0 Å². The Labute approximate surface area is 126 Å². The molecule has 0 saturated carbocycles. The van der Waals surface area contributed by atoms with Crippen LogP contribution in [-0.4, -0.2) is 12.9 Å². The number of fused-ring (bicyclic) bond motifs is 1. The van der Waals surface area contributed by atoms with Crippen molar-refractivity contribution < 1.29 is 18.7 Å². The second kappa shape index (κ2) is 5.37. The molecule has 0 saturated heterocycles. The Morgan fingerprint density at radius 1 is 1.29 bits per heavy atom. The normalized spacial score (nSPS) is 17.1. The van der Waals surface area contributed by atoms with Gasteiger partial charge in [0.15, 0.2) is 5.78 Å². The molecular weight excluding hydrogens is 295 g/mol. The van der Waals surface area contributed by atoms with E-state index in [1.165, 1.54) is 25.3 Å². The van der Waals surface area contributed by atoms with Crippen LogP contribution >= 0.6 is 11.6 Å². The molecule has 0 fully saturated rings. The third kappa shape index (κ3) is 2.59. The van der Waals surface area contributed by atoms with Gasteiger partial charge in [-0.2, -0.15) is 0 Å². The molecule has 3 nitrogen and oxygen atoms in total. The van der Waals surface area contributed by atoms with Gasteiger partial charge in [0, 0.05) is 6.07 Å². The van der Waals surface area contributed by atoms with Crippen LogP contribution in [-0.2, 0) is 0 Å². The number of halogens is 2. The standard InChI is InChI=1S/C16H12ClFO3/c1-20-14-5-2-9(6-12(14)17)15-8-13(19)11-4-3-10(18)7-16(11)21-15/h2-7,15H,8H2,1H3. The molecular formula is C16H12ClFO3. The van der Waals surface area contributed by atoms with Crippen LogP contribution in [0, 0.1) is 5.82 Å². The van der Waals surface area contributed by atoms with E-state index < -0.39 is 11.9 Å². The molecule has 5 heteroatoms. The quantitative estimate of drug-likeness (QED) is 0.834. The maximum Gasteiger partial charge on any atom is 0.170 e. The molecule has 1 aliphatic heterocycles. The Hall–Kier alpha value is -2.07.